The molecule has 0 aliphatic carbocycles. The summed E-state index contributed by atoms with van der Waals surface area (Å²) >= 11 is 0. The van der Waals surface area contributed by atoms with Crippen LogP contribution in [0.1, 0.15) is 44.4 Å². The van der Waals surface area contributed by atoms with E-state index in [0.29, 0.717) is 0 Å². The van der Waals surface area contributed by atoms with Crippen molar-refractivity contribution in [2.45, 2.75) is 66.1 Å². The van der Waals surface area contributed by atoms with Gasteiger partial charge in [0.15, 0.2) is 8.32 Å². The van der Waals surface area contributed by atoms with Crippen molar-refractivity contribution in [3.63, 3.8) is 0 Å². The van der Waals surface area contributed by atoms with E-state index in [-0.39, 0.29) is 5.04 Å². The third kappa shape index (κ3) is 5.46. The highest BCUT2D eigenvalue weighted by Gasteiger charge is 2.36. The standard InChI is InChI=1S/C24H37NOSi/c1-9-20-10-12-21(13-11-20)23-18(2)16-22(17-19(23)3)25-14-15-26-27(7,8)24(4,5)6/h10-13,16-17,25H,9,14-15H2,1-8H3. The molecule has 0 atom stereocenters. The molecule has 0 radical (unpaired) electrons. The van der Waals surface area contributed by atoms with Crippen LogP contribution in [-0.2, 0) is 10.8 Å². The van der Waals surface area contributed by atoms with Gasteiger partial charge in [0.25, 0.3) is 0 Å². The van der Waals surface area contributed by atoms with Crippen molar-refractivity contribution >= 4 is 14.0 Å². The zero-order valence-corrected chi connectivity index (χ0v) is 19.5. The molecule has 3 heteroatoms. The molecule has 0 aliphatic heterocycles. The first kappa shape index (κ1) is 21.7. The zero-order chi connectivity index (χ0) is 20.2. The maximum Gasteiger partial charge on any atom is 0.192 e. The SMILES string of the molecule is CCc1ccc(-c2c(C)cc(NCCO[Si](C)(C)C(C)(C)C)cc2C)cc1. The molecule has 0 heterocycles. The van der Waals surface area contributed by atoms with Gasteiger partial charge in [0.1, 0.15) is 0 Å². The molecule has 0 fully saturated rings. The number of benzene rings is 2. The number of nitrogens with one attached hydrogen (secondary N) is 1. The molecule has 0 saturated heterocycles. The van der Waals surface area contributed by atoms with E-state index in [1.165, 1.54) is 33.5 Å². The van der Waals surface area contributed by atoms with Crippen LogP contribution in [0, 0.1) is 13.8 Å². The minimum absolute atomic E-state index is 0.259. The number of aryl methyl sites for hydroxylation is 3. The Morgan fingerprint density at radius 2 is 1.52 bits per heavy atom. The Hall–Kier alpha value is -1.58. The Bertz CT molecular complexity index is 734. The third-order valence-electron chi connectivity index (χ3n) is 5.88. The van der Waals surface area contributed by atoms with Crippen molar-refractivity contribution in [2.24, 2.45) is 0 Å². The van der Waals surface area contributed by atoms with Crippen LogP contribution in [0.5, 0.6) is 0 Å². The fraction of sp³-hybridized carbons (Fsp3) is 0.500. The summed E-state index contributed by atoms with van der Waals surface area (Å²) in [7, 11) is -1.67. The number of rotatable bonds is 7. The monoisotopic (exact) mass is 383 g/mol. The van der Waals surface area contributed by atoms with Crippen molar-refractivity contribution in [1.29, 1.82) is 0 Å². The normalized spacial score (nSPS) is 12.3. The van der Waals surface area contributed by atoms with E-state index in [1.807, 2.05) is 0 Å². The summed E-state index contributed by atoms with van der Waals surface area (Å²) in [5.41, 5.74) is 7.83. The number of hydrogen-bond donors (Lipinski definition) is 1. The maximum atomic E-state index is 6.27. The molecule has 2 aromatic rings. The lowest BCUT2D eigenvalue weighted by Gasteiger charge is -2.36. The Labute approximate surface area is 167 Å². The molecule has 0 bridgehead atoms. The molecule has 0 spiro atoms. The lowest BCUT2D eigenvalue weighted by Crippen LogP contribution is -2.41. The van der Waals surface area contributed by atoms with Gasteiger partial charge in [0.05, 0.1) is 6.61 Å². The molecule has 148 valence electrons. The van der Waals surface area contributed by atoms with Crippen LogP contribution in [0.15, 0.2) is 36.4 Å². The fourth-order valence-corrected chi connectivity index (χ4v) is 4.19. The summed E-state index contributed by atoms with van der Waals surface area (Å²) in [6.07, 6.45) is 1.08. The molecular weight excluding hydrogens is 346 g/mol. The van der Waals surface area contributed by atoms with E-state index >= 15 is 0 Å². The number of anilines is 1. The second kappa shape index (κ2) is 8.62. The quantitative estimate of drug-likeness (QED) is 0.412. The molecule has 0 aliphatic rings. The summed E-state index contributed by atoms with van der Waals surface area (Å²) in [5.74, 6) is 0. The lowest BCUT2D eigenvalue weighted by molar-refractivity contribution is 0.301. The van der Waals surface area contributed by atoms with Gasteiger partial charge < -0.3 is 9.74 Å². The third-order valence-corrected chi connectivity index (χ3v) is 10.4. The van der Waals surface area contributed by atoms with Crippen LogP contribution in [0.3, 0.4) is 0 Å². The molecule has 2 rings (SSSR count). The van der Waals surface area contributed by atoms with E-state index in [2.05, 4.69) is 96.4 Å². The maximum absolute atomic E-state index is 6.27. The van der Waals surface area contributed by atoms with Gasteiger partial charge >= 0.3 is 0 Å². The highest BCUT2D eigenvalue weighted by molar-refractivity contribution is 6.74. The lowest BCUT2D eigenvalue weighted by atomic mass is 9.94. The van der Waals surface area contributed by atoms with E-state index in [0.717, 1.165) is 19.6 Å². The second-order valence-electron chi connectivity index (χ2n) is 9.07. The van der Waals surface area contributed by atoms with Crippen LogP contribution in [0.2, 0.25) is 18.1 Å². The van der Waals surface area contributed by atoms with Gasteiger partial charge in [0, 0.05) is 12.2 Å². The summed E-state index contributed by atoms with van der Waals surface area (Å²) in [4.78, 5) is 0. The first-order valence-electron chi connectivity index (χ1n) is 10.1. The minimum Gasteiger partial charge on any atom is -0.415 e. The van der Waals surface area contributed by atoms with Gasteiger partial charge in [-0.2, -0.15) is 0 Å². The second-order valence-corrected chi connectivity index (χ2v) is 13.9. The van der Waals surface area contributed by atoms with E-state index in [4.69, 9.17) is 4.43 Å². The average molecular weight is 384 g/mol. The number of hydrogen-bond acceptors (Lipinski definition) is 2. The molecule has 0 unspecified atom stereocenters. The molecular formula is C24H37NOSi. The van der Waals surface area contributed by atoms with Gasteiger partial charge in [-0.15, -0.1) is 0 Å². The highest BCUT2D eigenvalue weighted by atomic mass is 28.4. The Kier molecular flexibility index (Phi) is 6.93. The zero-order valence-electron chi connectivity index (χ0n) is 18.5. The van der Waals surface area contributed by atoms with E-state index < -0.39 is 8.32 Å². The smallest absolute Gasteiger partial charge is 0.192 e. The van der Waals surface area contributed by atoms with Crippen molar-refractivity contribution in [2.75, 3.05) is 18.5 Å². The largest absolute Gasteiger partial charge is 0.415 e. The van der Waals surface area contributed by atoms with Gasteiger partial charge in [-0.1, -0.05) is 52.0 Å². The van der Waals surface area contributed by atoms with Gasteiger partial charge in [-0.3, -0.25) is 0 Å². The van der Waals surface area contributed by atoms with Crippen LogP contribution in [-0.4, -0.2) is 21.5 Å². The minimum atomic E-state index is -1.67. The predicted molar refractivity (Wildman–Crippen MR) is 122 cm³/mol. The van der Waals surface area contributed by atoms with Gasteiger partial charge in [0.2, 0.25) is 0 Å². The van der Waals surface area contributed by atoms with Crippen LogP contribution >= 0.6 is 0 Å². The average Bonchev–Trinajstić information content (AvgIpc) is 2.58. The molecule has 27 heavy (non-hydrogen) atoms. The van der Waals surface area contributed by atoms with Crippen molar-refractivity contribution in [3.05, 3.63) is 53.1 Å². The Balaban J connectivity index is 2.04. The Morgan fingerprint density at radius 3 is 2.00 bits per heavy atom. The summed E-state index contributed by atoms with van der Waals surface area (Å²) in [6, 6.07) is 13.5. The topological polar surface area (TPSA) is 21.3 Å². The molecule has 0 aromatic heterocycles. The molecule has 1 N–H and O–H groups in total. The van der Waals surface area contributed by atoms with Crippen LogP contribution in [0.4, 0.5) is 5.69 Å². The molecule has 0 saturated carbocycles. The van der Waals surface area contributed by atoms with Gasteiger partial charge in [-0.05, 0) is 78.4 Å². The van der Waals surface area contributed by atoms with Crippen molar-refractivity contribution in [1.82, 2.24) is 0 Å². The molecule has 2 aromatic carbocycles. The summed E-state index contributed by atoms with van der Waals surface area (Å²) in [6.45, 7) is 19.7. The first-order chi connectivity index (χ1) is 12.5. The molecule has 2 nitrogen and oxygen atoms in total. The molecule has 0 amide bonds. The summed E-state index contributed by atoms with van der Waals surface area (Å²) < 4.78 is 6.27. The van der Waals surface area contributed by atoms with Gasteiger partial charge in [-0.25, -0.2) is 0 Å². The van der Waals surface area contributed by atoms with Crippen molar-refractivity contribution in [3.8, 4) is 11.1 Å². The fourth-order valence-electron chi connectivity index (χ4n) is 3.15. The highest BCUT2D eigenvalue weighted by Crippen LogP contribution is 2.36. The van der Waals surface area contributed by atoms with E-state index in [1.54, 1.807) is 0 Å². The predicted octanol–water partition coefficient (Wildman–Crippen LogP) is 6.97. The van der Waals surface area contributed by atoms with E-state index in [9.17, 15) is 0 Å². The summed E-state index contributed by atoms with van der Waals surface area (Å²) in [5, 5.41) is 3.80. The van der Waals surface area contributed by atoms with Crippen LogP contribution in [0.25, 0.3) is 11.1 Å². The van der Waals surface area contributed by atoms with Crippen molar-refractivity contribution < 1.29 is 4.43 Å². The Morgan fingerprint density at radius 1 is 0.963 bits per heavy atom. The van der Waals surface area contributed by atoms with Crippen LogP contribution < -0.4 is 5.32 Å². The first-order valence-corrected chi connectivity index (χ1v) is 13.0.